The van der Waals surface area contributed by atoms with Crippen LogP contribution in [0.2, 0.25) is 5.02 Å². The largest absolute Gasteiger partial charge is 0.484 e. The maximum Gasteiger partial charge on any atom is 0.261 e. The van der Waals surface area contributed by atoms with Gasteiger partial charge in [0, 0.05) is 23.5 Å². The minimum Gasteiger partial charge on any atom is -0.484 e. The number of hydrogen-bond donors (Lipinski definition) is 1. The van der Waals surface area contributed by atoms with E-state index in [0.29, 0.717) is 17.2 Å². The summed E-state index contributed by atoms with van der Waals surface area (Å²) in [6.45, 7) is 7.75. The molecule has 0 heterocycles. The van der Waals surface area contributed by atoms with Crippen LogP contribution < -0.4 is 10.1 Å². The summed E-state index contributed by atoms with van der Waals surface area (Å²) in [5, 5.41) is 3.59. The van der Waals surface area contributed by atoms with Crippen LogP contribution in [0.15, 0.2) is 78.9 Å². The normalized spacial score (nSPS) is 12.0. The molecule has 0 saturated heterocycles. The minimum absolute atomic E-state index is 0.185. The summed E-state index contributed by atoms with van der Waals surface area (Å²) in [6, 6.07) is 23.8. The number of nitrogens with zero attached hydrogens (tertiary/aromatic N) is 1. The van der Waals surface area contributed by atoms with Crippen molar-refractivity contribution >= 4 is 23.4 Å². The molecule has 0 unspecified atom stereocenters. The van der Waals surface area contributed by atoms with Gasteiger partial charge in [-0.25, -0.2) is 0 Å². The van der Waals surface area contributed by atoms with Gasteiger partial charge >= 0.3 is 0 Å². The van der Waals surface area contributed by atoms with E-state index >= 15 is 0 Å². The van der Waals surface area contributed by atoms with Crippen molar-refractivity contribution in [3.8, 4) is 5.75 Å². The molecule has 6 heteroatoms. The maximum atomic E-state index is 13.6. The lowest BCUT2D eigenvalue weighted by atomic mass is 10.0. The first kappa shape index (κ1) is 26.3. The summed E-state index contributed by atoms with van der Waals surface area (Å²) in [7, 11) is 0. The Hall–Kier alpha value is -3.31. The highest BCUT2D eigenvalue weighted by atomic mass is 35.5. The Kier molecular flexibility index (Phi) is 8.94. The van der Waals surface area contributed by atoms with Crippen molar-refractivity contribution in [2.75, 3.05) is 6.61 Å². The lowest BCUT2D eigenvalue weighted by Crippen LogP contribution is -2.55. The summed E-state index contributed by atoms with van der Waals surface area (Å²) >= 11 is 6.44. The second-order valence-corrected chi connectivity index (χ2v) is 10.1. The quantitative estimate of drug-likeness (QED) is 0.424. The van der Waals surface area contributed by atoms with Gasteiger partial charge in [0.15, 0.2) is 6.61 Å². The molecule has 0 aliphatic heterocycles. The fraction of sp³-hybridized carbons (Fsp3) is 0.310. The van der Waals surface area contributed by atoms with E-state index in [0.717, 1.165) is 16.7 Å². The number of carbonyl (C=O) groups excluding carboxylic acids is 2. The maximum absolute atomic E-state index is 13.6. The molecular formula is C29H33ClN2O3. The molecule has 2 amide bonds. The molecule has 3 rings (SSSR count). The Morgan fingerprint density at radius 2 is 1.57 bits per heavy atom. The molecule has 0 spiro atoms. The van der Waals surface area contributed by atoms with Crippen LogP contribution in [0.5, 0.6) is 5.75 Å². The third kappa shape index (κ3) is 8.15. The molecule has 0 aromatic heterocycles. The van der Waals surface area contributed by atoms with Crippen molar-refractivity contribution in [3.63, 3.8) is 0 Å². The van der Waals surface area contributed by atoms with Crippen molar-refractivity contribution < 1.29 is 14.3 Å². The van der Waals surface area contributed by atoms with Gasteiger partial charge in [0.05, 0.1) is 0 Å². The molecule has 0 fully saturated rings. The van der Waals surface area contributed by atoms with Gasteiger partial charge in [-0.2, -0.15) is 0 Å². The average Bonchev–Trinajstić information content (AvgIpc) is 2.81. The Morgan fingerprint density at radius 3 is 2.20 bits per heavy atom. The molecular weight excluding hydrogens is 460 g/mol. The topological polar surface area (TPSA) is 58.6 Å². The Balaban J connectivity index is 1.93. The van der Waals surface area contributed by atoms with Gasteiger partial charge in [-0.15, -0.1) is 0 Å². The third-order valence-electron chi connectivity index (χ3n) is 5.45. The van der Waals surface area contributed by atoms with Crippen molar-refractivity contribution in [3.05, 3.63) is 101 Å². The first-order valence-corrected chi connectivity index (χ1v) is 12.1. The van der Waals surface area contributed by atoms with Crippen LogP contribution in [-0.4, -0.2) is 34.9 Å². The highest BCUT2D eigenvalue weighted by Gasteiger charge is 2.32. The van der Waals surface area contributed by atoms with Crippen LogP contribution in [0.25, 0.3) is 0 Å². The number of hydrogen-bond acceptors (Lipinski definition) is 3. The molecule has 35 heavy (non-hydrogen) atoms. The van der Waals surface area contributed by atoms with Gasteiger partial charge in [0.1, 0.15) is 11.8 Å². The number of halogens is 1. The average molecular weight is 493 g/mol. The van der Waals surface area contributed by atoms with E-state index in [1.165, 1.54) is 0 Å². The van der Waals surface area contributed by atoms with Crippen molar-refractivity contribution in [1.29, 1.82) is 0 Å². The van der Waals surface area contributed by atoms with E-state index < -0.39 is 11.6 Å². The SMILES string of the molecule is Cc1ccc(OCC(=O)N(Cc2ccccc2Cl)[C@@H](Cc2ccccc2)C(=O)NC(C)(C)C)cc1. The van der Waals surface area contributed by atoms with Gasteiger partial charge in [0.25, 0.3) is 5.91 Å². The van der Waals surface area contributed by atoms with Crippen molar-refractivity contribution in [2.45, 2.75) is 52.2 Å². The third-order valence-corrected chi connectivity index (χ3v) is 5.82. The van der Waals surface area contributed by atoms with E-state index in [2.05, 4.69) is 5.32 Å². The smallest absolute Gasteiger partial charge is 0.261 e. The number of nitrogens with one attached hydrogen (secondary N) is 1. The zero-order chi connectivity index (χ0) is 25.4. The van der Waals surface area contributed by atoms with E-state index in [1.807, 2.05) is 100 Å². The number of rotatable bonds is 9. The molecule has 0 bridgehead atoms. The van der Waals surface area contributed by atoms with Gasteiger partial charge in [0.2, 0.25) is 5.91 Å². The summed E-state index contributed by atoms with van der Waals surface area (Å²) in [5.41, 5.74) is 2.37. The first-order chi connectivity index (χ1) is 16.6. The van der Waals surface area contributed by atoms with Gasteiger partial charge in [-0.3, -0.25) is 9.59 Å². The fourth-order valence-electron chi connectivity index (χ4n) is 3.68. The summed E-state index contributed by atoms with van der Waals surface area (Å²) < 4.78 is 5.80. The molecule has 3 aromatic rings. The molecule has 1 atom stereocenters. The van der Waals surface area contributed by atoms with Crippen LogP contribution in [-0.2, 0) is 22.6 Å². The summed E-state index contributed by atoms with van der Waals surface area (Å²) in [6.07, 6.45) is 0.365. The molecule has 3 aromatic carbocycles. The molecule has 0 saturated carbocycles. The van der Waals surface area contributed by atoms with Gasteiger partial charge in [-0.1, -0.05) is 77.8 Å². The van der Waals surface area contributed by atoms with Crippen molar-refractivity contribution in [1.82, 2.24) is 10.2 Å². The predicted octanol–water partition coefficient (Wildman–Crippen LogP) is 5.58. The minimum atomic E-state index is -0.748. The predicted molar refractivity (Wildman–Crippen MR) is 141 cm³/mol. The van der Waals surface area contributed by atoms with Crippen LogP contribution in [0.1, 0.15) is 37.5 Å². The monoisotopic (exact) mass is 492 g/mol. The molecule has 0 radical (unpaired) electrons. The number of ether oxygens (including phenoxy) is 1. The second kappa shape index (κ2) is 11.9. The van der Waals surface area contributed by atoms with Crippen LogP contribution in [0.3, 0.4) is 0 Å². The molecule has 0 aliphatic rings. The molecule has 0 aliphatic carbocycles. The standard InChI is InChI=1S/C29H33ClN2O3/c1-21-14-16-24(17-15-21)35-20-27(33)32(19-23-12-8-9-13-25(23)30)26(28(34)31-29(2,3)4)18-22-10-6-5-7-11-22/h5-17,26H,18-20H2,1-4H3,(H,31,34)/t26-/m0/s1. The molecule has 5 nitrogen and oxygen atoms in total. The lowest BCUT2D eigenvalue weighted by molar-refractivity contribution is -0.143. The summed E-state index contributed by atoms with van der Waals surface area (Å²) in [5.74, 6) is 0.0768. The molecule has 184 valence electrons. The Bertz CT molecular complexity index is 1120. The zero-order valence-electron chi connectivity index (χ0n) is 20.8. The fourth-order valence-corrected chi connectivity index (χ4v) is 3.87. The first-order valence-electron chi connectivity index (χ1n) is 11.7. The van der Waals surface area contributed by atoms with Crippen LogP contribution >= 0.6 is 11.6 Å². The second-order valence-electron chi connectivity index (χ2n) is 9.66. The highest BCUT2D eigenvalue weighted by Crippen LogP contribution is 2.21. The van der Waals surface area contributed by atoms with E-state index in [-0.39, 0.29) is 25.0 Å². The van der Waals surface area contributed by atoms with E-state index in [4.69, 9.17) is 16.3 Å². The Labute approximate surface area is 213 Å². The van der Waals surface area contributed by atoms with E-state index in [1.54, 1.807) is 11.0 Å². The number of carbonyl (C=O) groups is 2. The lowest BCUT2D eigenvalue weighted by Gasteiger charge is -2.34. The summed E-state index contributed by atoms with van der Waals surface area (Å²) in [4.78, 5) is 28.7. The number of aryl methyl sites for hydroxylation is 1. The zero-order valence-corrected chi connectivity index (χ0v) is 21.5. The highest BCUT2D eigenvalue weighted by molar-refractivity contribution is 6.31. The van der Waals surface area contributed by atoms with E-state index in [9.17, 15) is 9.59 Å². The Morgan fingerprint density at radius 1 is 0.943 bits per heavy atom. The van der Waals surface area contributed by atoms with Crippen molar-refractivity contribution in [2.24, 2.45) is 0 Å². The van der Waals surface area contributed by atoms with Crippen LogP contribution in [0, 0.1) is 6.92 Å². The molecule has 1 N–H and O–H groups in total. The van der Waals surface area contributed by atoms with Gasteiger partial charge in [-0.05, 0) is 57.0 Å². The van der Waals surface area contributed by atoms with Gasteiger partial charge < -0.3 is 15.0 Å². The van der Waals surface area contributed by atoms with Crippen LogP contribution in [0.4, 0.5) is 0 Å². The number of amides is 2. The number of benzene rings is 3.